The van der Waals surface area contributed by atoms with Crippen LogP contribution in [0.25, 0.3) is 0 Å². The minimum atomic E-state index is 0. The summed E-state index contributed by atoms with van der Waals surface area (Å²) < 4.78 is 2.21. The second kappa shape index (κ2) is 11.5. The maximum Gasteiger partial charge on any atom is 0.191 e. The monoisotopic (exact) mass is 460 g/mol. The average Bonchev–Trinajstić information content (AvgIpc) is 2.99. The summed E-state index contributed by atoms with van der Waals surface area (Å²) >= 11 is 0. The first-order valence-corrected chi connectivity index (χ1v) is 8.92. The summed E-state index contributed by atoms with van der Waals surface area (Å²) in [6.45, 7) is 13.1. The van der Waals surface area contributed by atoms with E-state index in [1.807, 2.05) is 25.5 Å². The number of halogens is 1. The van der Waals surface area contributed by atoms with Gasteiger partial charge in [-0.15, -0.1) is 30.6 Å². The maximum atomic E-state index is 4.45. The predicted octanol–water partition coefficient (Wildman–Crippen LogP) is 2.47. The number of nitrogens with one attached hydrogen (secondary N) is 2. The van der Waals surface area contributed by atoms with E-state index >= 15 is 0 Å². The lowest BCUT2D eigenvalue weighted by molar-refractivity contribution is 0.225. The largest absolute Gasteiger partial charge is 0.354 e. The van der Waals surface area contributed by atoms with E-state index in [1.54, 1.807) is 0 Å². The third-order valence-electron chi connectivity index (χ3n) is 4.32. The van der Waals surface area contributed by atoms with Crippen LogP contribution in [0.15, 0.2) is 30.0 Å². The number of guanidine groups is 1. The number of likely N-dealkylation sites (tertiary alicyclic amines) is 1. The molecule has 7 heteroatoms. The summed E-state index contributed by atoms with van der Waals surface area (Å²) in [7, 11) is 1.82. The maximum absolute atomic E-state index is 4.45. The van der Waals surface area contributed by atoms with Crippen molar-refractivity contribution in [3.05, 3.63) is 30.9 Å². The quantitative estimate of drug-likeness (QED) is 0.284. The van der Waals surface area contributed by atoms with Gasteiger partial charge in [0, 0.05) is 51.7 Å². The number of nitrogens with zero attached hydrogens (tertiary/aromatic N) is 4. The number of aromatic nitrogens is 2. The van der Waals surface area contributed by atoms with Crippen LogP contribution < -0.4 is 10.6 Å². The molecule has 0 bridgehead atoms. The van der Waals surface area contributed by atoms with Gasteiger partial charge in [-0.25, -0.2) is 4.98 Å². The van der Waals surface area contributed by atoms with Crippen molar-refractivity contribution in [1.29, 1.82) is 0 Å². The predicted molar refractivity (Wildman–Crippen MR) is 115 cm³/mol. The van der Waals surface area contributed by atoms with Gasteiger partial charge in [-0.3, -0.25) is 9.89 Å². The van der Waals surface area contributed by atoms with Gasteiger partial charge >= 0.3 is 0 Å². The Morgan fingerprint density at radius 2 is 2.16 bits per heavy atom. The molecule has 2 heterocycles. The molecule has 0 unspecified atom stereocenters. The molecule has 1 aromatic heterocycles. The van der Waals surface area contributed by atoms with Gasteiger partial charge in [0.15, 0.2) is 5.96 Å². The zero-order valence-corrected chi connectivity index (χ0v) is 18.1. The Balaban J connectivity index is 0.00000312. The summed E-state index contributed by atoms with van der Waals surface area (Å²) in [4.78, 5) is 11.2. The van der Waals surface area contributed by atoms with Gasteiger partial charge in [-0.05, 0) is 18.8 Å². The fourth-order valence-electron chi connectivity index (χ4n) is 3.06. The van der Waals surface area contributed by atoms with E-state index < -0.39 is 0 Å². The van der Waals surface area contributed by atoms with Gasteiger partial charge in [-0.1, -0.05) is 19.9 Å². The Morgan fingerprint density at radius 3 is 2.76 bits per heavy atom. The van der Waals surface area contributed by atoms with Crippen LogP contribution in [0.3, 0.4) is 0 Å². The first-order chi connectivity index (χ1) is 11.6. The van der Waals surface area contributed by atoms with Crippen LogP contribution in [0.1, 0.15) is 32.5 Å². The fraction of sp³-hybridized carbons (Fsp3) is 0.667. The Kier molecular flexibility index (Phi) is 10.1. The van der Waals surface area contributed by atoms with E-state index in [4.69, 9.17) is 0 Å². The number of hydrogen-bond acceptors (Lipinski definition) is 3. The molecule has 2 N–H and O–H groups in total. The molecule has 1 aliphatic heterocycles. The minimum Gasteiger partial charge on any atom is -0.354 e. The molecule has 0 atom stereocenters. The average molecular weight is 460 g/mol. The van der Waals surface area contributed by atoms with Gasteiger partial charge in [0.05, 0.1) is 6.54 Å². The molecule has 1 aromatic rings. The number of rotatable bonds is 7. The molecule has 0 aliphatic carbocycles. The van der Waals surface area contributed by atoms with E-state index in [2.05, 4.69) is 50.5 Å². The Morgan fingerprint density at radius 1 is 1.44 bits per heavy atom. The van der Waals surface area contributed by atoms with Crippen molar-refractivity contribution in [3.63, 3.8) is 0 Å². The molecule has 1 aliphatic rings. The van der Waals surface area contributed by atoms with Crippen LogP contribution in [0, 0.1) is 5.92 Å². The zero-order chi connectivity index (χ0) is 17.4. The van der Waals surface area contributed by atoms with Crippen molar-refractivity contribution in [2.45, 2.75) is 45.8 Å². The summed E-state index contributed by atoms with van der Waals surface area (Å²) in [6, 6.07) is 0.479. The van der Waals surface area contributed by atoms with Crippen LogP contribution in [-0.2, 0) is 13.1 Å². The van der Waals surface area contributed by atoms with Crippen molar-refractivity contribution in [1.82, 2.24) is 25.1 Å². The Hall–Kier alpha value is -1.09. The van der Waals surface area contributed by atoms with Gasteiger partial charge < -0.3 is 15.2 Å². The van der Waals surface area contributed by atoms with Crippen molar-refractivity contribution >= 4 is 29.9 Å². The molecule has 0 saturated carbocycles. The third kappa shape index (κ3) is 7.35. The standard InChI is InChI=1S/C18H32N6.HI/c1-5-9-23-10-6-16(7-11-23)22-18(19-4)21-13-17-20-8-12-24(17)14-15(2)3;/h5,8,12,15-16H,1,6-7,9-11,13-14H2,2-4H3,(H2,19,21,22);1H. The molecule has 2 rings (SSSR count). The summed E-state index contributed by atoms with van der Waals surface area (Å²) in [5, 5.41) is 6.94. The highest BCUT2D eigenvalue weighted by molar-refractivity contribution is 14.0. The Bertz CT molecular complexity index is 531. The molecule has 0 aromatic carbocycles. The first kappa shape index (κ1) is 22.0. The van der Waals surface area contributed by atoms with E-state index in [0.29, 0.717) is 18.5 Å². The normalized spacial score (nSPS) is 16.6. The molecule has 0 radical (unpaired) electrons. The highest BCUT2D eigenvalue weighted by Gasteiger charge is 2.19. The van der Waals surface area contributed by atoms with Gasteiger partial charge in [0.2, 0.25) is 0 Å². The van der Waals surface area contributed by atoms with Crippen molar-refractivity contribution in [2.75, 3.05) is 26.7 Å². The molecule has 6 nitrogen and oxygen atoms in total. The lowest BCUT2D eigenvalue weighted by Gasteiger charge is -2.32. The minimum absolute atomic E-state index is 0. The zero-order valence-electron chi connectivity index (χ0n) is 15.7. The van der Waals surface area contributed by atoms with Crippen molar-refractivity contribution in [3.8, 4) is 0 Å². The molecule has 1 fully saturated rings. The number of imidazole rings is 1. The number of aliphatic imine (C=N–C) groups is 1. The fourth-order valence-corrected chi connectivity index (χ4v) is 3.06. The van der Waals surface area contributed by atoms with Crippen LogP contribution >= 0.6 is 24.0 Å². The van der Waals surface area contributed by atoms with Gasteiger partial charge in [-0.2, -0.15) is 0 Å². The molecule has 0 amide bonds. The van der Waals surface area contributed by atoms with Gasteiger partial charge in [0.25, 0.3) is 0 Å². The molecule has 1 saturated heterocycles. The number of hydrogen-bond donors (Lipinski definition) is 2. The highest BCUT2D eigenvalue weighted by atomic mass is 127. The highest BCUT2D eigenvalue weighted by Crippen LogP contribution is 2.10. The van der Waals surface area contributed by atoms with E-state index in [9.17, 15) is 0 Å². The molecule has 142 valence electrons. The second-order valence-corrected chi connectivity index (χ2v) is 6.82. The first-order valence-electron chi connectivity index (χ1n) is 8.92. The van der Waals surface area contributed by atoms with Gasteiger partial charge in [0.1, 0.15) is 5.82 Å². The van der Waals surface area contributed by atoms with Crippen LogP contribution in [-0.4, -0.2) is 53.1 Å². The van der Waals surface area contributed by atoms with E-state index in [-0.39, 0.29) is 24.0 Å². The molecule has 0 spiro atoms. The molecular weight excluding hydrogens is 427 g/mol. The van der Waals surface area contributed by atoms with Crippen LogP contribution in [0.5, 0.6) is 0 Å². The summed E-state index contributed by atoms with van der Waals surface area (Å²) in [6.07, 6.45) is 8.16. The second-order valence-electron chi connectivity index (χ2n) is 6.82. The van der Waals surface area contributed by atoms with Crippen molar-refractivity contribution < 1.29 is 0 Å². The third-order valence-corrected chi connectivity index (χ3v) is 4.32. The van der Waals surface area contributed by atoms with Crippen molar-refractivity contribution in [2.24, 2.45) is 10.9 Å². The molecular formula is C18H33IN6. The van der Waals surface area contributed by atoms with Crippen LogP contribution in [0.4, 0.5) is 0 Å². The Labute approximate surface area is 169 Å². The lowest BCUT2D eigenvalue weighted by Crippen LogP contribution is -2.48. The lowest BCUT2D eigenvalue weighted by atomic mass is 10.1. The summed E-state index contributed by atoms with van der Waals surface area (Å²) in [5.41, 5.74) is 0. The smallest absolute Gasteiger partial charge is 0.191 e. The van der Waals surface area contributed by atoms with E-state index in [0.717, 1.165) is 50.8 Å². The van der Waals surface area contributed by atoms with Crippen LogP contribution in [0.2, 0.25) is 0 Å². The molecule has 25 heavy (non-hydrogen) atoms. The SMILES string of the molecule is C=CCN1CCC(NC(=NC)NCc2nccn2CC(C)C)CC1.I. The summed E-state index contributed by atoms with van der Waals surface area (Å²) in [5.74, 6) is 2.51. The number of piperidine rings is 1. The topological polar surface area (TPSA) is 57.5 Å². The van der Waals surface area contributed by atoms with E-state index in [1.165, 1.54) is 0 Å².